The minimum Gasteiger partial charge on any atom is -0.313 e. The van der Waals surface area contributed by atoms with Gasteiger partial charge in [0.2, 0.25) is 0 Å². The van der Waals surface area contributed by atoms with Crippen LogP contribution in [0.5, 0.6) is 0 Å². The van der Waals surface area contributed by atoms with Gasteiger partial charge in [-0.2, -0.15) is 0 Å². The Kier molecular flexibility index (Phi) is 2.87. The molecule has 76 valence electrons. The Morgan fingerprint density at radius 3 is 2.57 bits per heavy atom. The Bertz CT molecular complexity index is 279. The van der Waals surface area contributed by atoms with Crippen LogP contribution in [-0.4, -0.2) is 12.6 Å². The van der Waals surface area contributed by atoms with Crippen LogP contribution >= 0.6 is 0 Å². The Hall–Kier alpha value is -0.820. The summed E-state index contributed by atoms with van der Waals surface area (Å²) >= 11 is 0. The maximum Gasteiger partial charge on any atom is 0.0159 e. The standard InChI is InChI=1S/C13H19N/c1-10(2)13-12(8-9-14-13)11-6-4-3-5-7-11/h3-7,10,12-14H,8-9H2,1-2H3/t12-,13+/m1/s1. The molecule has 1 N–H and O–H groups in total. The van der Waals surface area contributed by atoms with E-state index in [4.69, 9.17) is 0 Å². The highest BCUT2D eigenvalue weighted by atomic mass is 15.0. The lowest BCUT2D eigenvalue weighted by atomic mass is 9.86. The highest BCUT2D eigenvalue weighted by Gasteiger charge is 2.29. The summed E-state index contributed by atoms with van der Waals surface area (Å²) in [5.41, 5.74) is 1.50. The van der Waals surface area contributed by atoms with E-state index in [1.807, 2.05) is 0 Å². The summed E-state index contributed by atoms with van der Waals surface area (Å²) in [6.07, 6.45) is 1.28. The Labute approximate surface area is 86.5 Å². The lowest BCUT2D eigenvalue weighted by molar-refractivity contribution is 0.416. The van der Waals surface area contributed by atoms with Gasteiger partial charge in [0.25, 0.3) is 0 Å². The van der Waals surface area contributed by atoms with Crippen LogP contribution in [0.3, 0.4) is 0 Å². The Morgan fingerprint density at radius 2 is 1.93 bits per heavy atom. The zero-order valence-electron chi connectivity index (χ0n) is 9.03. The van der Waals surface area contributed by atoms with E-state index in [1.54, 1.807) is 0 Å². The van der Waals surface area contributed by atoms with Crippen LogP contribution in [0, 0.1) is 5.92 Å². The first kappa shape index (κ1) is 9.72. The second-order valence-corrected chi connectivity index (χ2v) is 4.53. The molecule has 1 heteroatoms. The van der Waals surface area contributed by atoms with Crippen LogP contribution in [-0.2, 0) is 0 Å². The van der Waals surface area contributed by atoms with E-state index in [0.29, 0.717) is 6.04 Å². The molecule has 2 atom stereocenters. The molecule has 1 aromatic rings. The lowest BCUT2D eigenvalue weighted by Crippen LogP contribution is -2.31. The van der Waals surface area contributed by atoms with Crippen LogP contribution < -0.4 is 5.32 Å². The molecule has 0 bridgehead atoms. The molecule has 1 aliphatic rings. The van der Waals surface area contributed by atoms with Crippen LogP contribution in [0.4, 0.5) is 0 Å². The fourth-order valence-electron chi connectivity index (χ4n) is 2.50. The highest BCUT2D eigenvalue weighted by Crippen LogP contribution is 2.31. The molecule has 1 aliphatic heterocycles. The normalized spacial score (nSPS) is 27.1. The molecule has 0 radical (unpaired) electrons. The molecule has 0 spiro atoms. The first-order chi connectivity index (χ1) is 6.79. The molecule has 14 heavy (non-hydrogen) atoms. The second-order valence-electron chi connectivity index (χ2n) is 4.53. The van der Waals surface area contributed by atoms with Gasteiger partial charge in [-0.3, -0.25) is 0 Å². The molecular weight excluding hydrogens is 170 g/mol. The van der Waals surface area contributed by atoms with Crippen LogP contribution in [0.15, 0.2) is 30.3 Å². The minimum absolute atomic E-state index is 0.664. The number of hydrogen-bond acceptors (Lipinski definition) is 1. The summed E-state index contributed by atoms with van der Waals surface area (Å²) in [4.78, 5) is 0. The van der Waals surface area contributed by atoms with E-state index in [-0.39, 0.29) is 0 Å². The maximum atomic E-state index is 3.60. The van der Waals surface area contributed by atoms with E-state index in [1.165, 1.54) is 18.5 Å². The van der Waals surface area contributed by atoms with Gasteiger partial charge >= 0.3 is 0 Å². The van der Waals surface area contributed by atoms with Gasteiger partial charge in [0.1, 0.15) is 0 Å². The van der Waals surface area contributed by atoms with Crippen LogP contribution in [0.2, 0.25) is 0 Å². The summed E-state index contributed by atoms with van der Waals surface area (Å²) in [6, 6.07) is 11.6. The van der Waals surface area contributed by atoms with E-state index >= 15 is 0 Å². The molecule has 1 saturated heterocycles. The first-order valence-electron chi connectivity index (χ1n) is 5.57. The van der Waals surface area contributed by atoms with E-state index in [2.05, 4.69) is 49.5 Å². The molecule has 1 nitrogen and oxygen atoms in total. The van der Waals surface area contributed by atoms with Crippen molar-refractivity contribution in [3.63, 3.8) is 0 Å². The molecule has 2 rings (SSSR count). The third-order valence-electron chi connectivity index (χ3n) is 3.21. The van der Waals surface area contributed by atoms with E-state index in [0.717, 1.165) is 11.8 Å². The van der Waals surface area contributed by atoms with Gasteiger partial charge in [0.15, 0.2) is 0 Å². The second kappa shape index (κ2) is 4.14. The van der Waals surface area contributed by atoms with E-state index in [9.17, 15) is 0 Å². The molecule has 0 unspecified atom stereocenters. The van der Waals surface area contributed by atoms with Gasteiger partial charge in [0.05, 0.1) is 0 Å². The fraction of sp³-hybridized carbons (Fsp3) is 0.538. The predicted molar refractivity (Wildman–Crippen MR) is 60.4 cm³/mol. The first-order valence-corrected chi connectivity index (χ1v) is 5.57. The molecular formula is C13H19N. The lowest BCUT2D eigenvalue weighted by Gasteiger charge is -2.23. The summed E-state index contributed by atoms with van der Waals surface area (Å²) in [7, 11) is 0. The molecule has 0 aromatic heterocycles. The number of nitrogens with one attached hydrogen (secondary N) is 1. The summed E-state index contributed by atoms with van der Waals surface area (Å²) < 4.78 is 0. The predicted octanol–water partition coefficient (Wildman–Crippen LogP) is 2.79. The topological polar surface area (TPSA) is 12.0 Å². The number of benzene rings is 1. The summed E-state index contributed by atoms with van der Waals surface area (Å²) in [6.45, 7) is 5.78. The zero-order valence-corrected chi connectivity index (χ0v) is 9.03. The van der Waals surface area contributed by atoms with Crippen molar-refractivity contribution in [3.8, 4) is 0 Å². The average Bonchev–Trinajstić information content (AvgIpc) is 2.67. The van der Waals surface area contributed by atoms with E-state index < -0.39 is 0 Å². The number of rotatable bonds is 2. The average molecular weight is 189 g/mol. The third kappa shape index (κ3) is 1.83. The van der Waals surface area contributed by atoms with Crippen molar-refractivity contribution < 1.29 is 0 Å². The minimum atomic E-state index is 0.664. The van der Waals surface area contributed by atoms with Gasteiger partial charge in [-0.05, 0) is 24.4 Å². The molecule has 1 aromatic carbocycles. The molecule has 1 heterocycles. The molecule has 1 fully saturated rings. The maximum absolute atomic E-state index is 3.60. The van der Waals surface area contributed by atoms with Gasteiger partial charge < -0.3 is 5.32 Å². The highest BCUT2D eigenvalue weighted by molar-refractivity contribution is 5.22. The van der Waals surface area contributed by atoms with Crippen molar-refractivity contribution in [1.82, 2.24) is 5.32 Å². The smallest absolute Gasteiger partial charge is 0.0159 e. The van der Waals surface area contributed by atoms with Crippen molar-refractivity contribution in [2.24, 2.45) is 5.92 Å². The third-order valence-corrected chi connectivity index (χ3v) is 3.21. The molecule has 0 amide bonds. The molecule has 0 aliphatic carbocycles. The van der Waals surface area contributed by atoms with Gasteiger partial charge in [0, 0.05) is 12.0 Å². The number of hydrogen-bond donors (Lipinski definition) is 1. The van der Waals surface area contributed by atoms with Crippen LogP contribution in [0.25, 0.3) is 0 Å². The van der Waals surface area contributed by atoms with Crippen molar-refractivity contribution in [2.75, 3.05) is 6.54 Å². The van der Waals surface area contributed by atoms with Gasteiger partial charge in [-0.15, -0.1) is 0 Å². The largest absolute Gasteiger partial charge is 0.313 e. The molecule has 0 saturated carbocycles. The summed E-state index contributed by atoms with van der Waals surface area (Å²) in [5.74, 6) is 1.44. The van der Waals surface area contributed by atoms with Crippen molar-refractivity contribution >= 4 is 0 Å². The van der Waals surface area contributed by atoms with Gasteiger partial charge in [-0.25, -0.2) is 0 Å². The monoisotopic (exact) mass is 189 g/mol. The Balaban J connectivity index is 2.18. The Morgan fingerprint density at radius 1 is 1.21 bits per heavy atom. The zero-order chi connectivity index (χ0) is 9.97. The van der Waals surface area contributed by atoms with Crippen molar-refractivity contribution in [3.05, 3.63) is 35.9 Å². The van der Waals surface area contributed by atoms with Crippen molar-refractivity contribution in [2.45, 2.75) is 32.2 Å². The summed E-state index contributed by atoms with van der Waals surface area (Å²) in [5, 5.41) is 3.60. The van der Waals surface area contributed by atoms with Crippen LogP contribution in [0.1, 0.15) is 31.7 Å². The SMILES string of the molecule is CC(C)[C@@H]1NCC[C@@H]1c1ccccc1. The quantitative estimate of drug-likeness (QED) is 0.754. The van der Waals surface area contributed by atoms with Crippen molar-refractivity contribution in [1.29, 1.82) is 0 Å². The van der Waals surface area contributed by atoms with Gasteiger partial charge in [-0.1, -0.05) is 44.2 Å². The fourth-order valence-corrected chi connectivity index (χ4v) is 2.50.